The topological polar surface area (TPSA) is 93.7 Å². The summed E-state index contributed by atoms with van der Waals surface area (Å²) in [6.07, 6.45) is 3.63. The first-order valence-corrected chi connectivity index (χ1v) is 10.2. The summed E-state index contributed by atoms with van der Waals surface area (Å²) in [6, 6.07) is 1.79. The molecule has 0 saturated carbocycles. The van der Waals surface area contributed by atoms with Crippen molar-refractivity contribution in [1.82, 2.24) is 24.7 Å². The number of nitrogens with zero attached hydrogens (tertiary/aromatic N) is 5. The lowest BCUT2D eigenvalue weighted by Gasteiger charge is -2.32. The quantitative estimate of drug-likeness (QED) is 0.731. The zero-order chi connectivity index (χ0) is 20.5. The second-order valence-electron chi connectivity index (χ2n) is 7.91. The summed E-state index contributed by atoms with van der Waals surface area (Å²) in [5.74, 6) is -0.0866. The molecule has 0 spiro atoms. The number of aromatic nitrogens is 3. The summed E-state index contributed by atoms with van der Waals surface area (Å²) in [7, 11) is 1.78. The first-order valence-electron chi connectivity index (χ1n) is 10.2. The molecule has 2 aromatic rings. The van der Waals surface area contributed by atoms with E-state index >= 15 is 0 Å². The Hall–Kier alpha value is -2.84. The van der Waals surface area contributed by atoms with Gasteiger partial charge in [0.15, 0.2) is 0 Å². The van der Waals surface area contributed by atoms with Crippen LogP contribution in [0.1, 0.15) is 60.0 Å². The van der Waals surface area contributed by atoms with Gasteiger partial charge in [0.1, 0.15) is 12.0 Å². The van der Waals surface area contributed by atoms with Gasteiger partial charge in [-0.1, -0.05) is 18.5 Å². The van der Waals surface area contributed by atoms with Crippen molar-refractivity contribution in [2.24, 2.45) is 0 Å². The normalized spacial score (nSPS) is 21.6. The van der Waals surface area contributed by atoms with E-state index in [1.807, 2.05) is 13.0 Å². The monoisotopic (exact) mass is 401 g/mol. The third kappa shape index (κ3) is 3.61. The first-order chi connectivity index (χ1) is 14.0. The number of ether oxygens (including phenoxy) is 1. The second kappa shape index (κ2) is 7.88. The molecule has 0 aliphatic carbocycles. The third-order valence-corrected chi connectivity index (χ3v) is 5.75. The maximum atomic E-state index is 13.1. The molecule has 2 atom stereocenters. The predicted octanol–water partition coefficient (Wildman–Crippen LogP) is 2.42. The van der Waals surface area contributed by atoms with E-state index in [-0.39, 0.29) is 24.0 Å². The fraction of sp³-hybridized carbons (Fsp3) is 0.600. The van der Waals surface area contributed by atoms with E-state index < -0.39 is 0 Å². The van der Waals surface area contributed by atoms with E-state index in [4.69, 9.17) is 14.4 Å². The summed E-state index contributed by atoms with van der Waals surface area (Å²) in [5.41, 5.74) is 3.08. The van der Waals surface area contributed by atoms with E-state index in [2.05, 4.69) is 12.1 Å². The highest BCUT2D eigenvalue weighted by molar-refractivity contribution is 5.94. The standard InChI is InChI=1S/C20H27N5O4/c1-4-5-7-28-20(27)24-12-15-17(9-13(24)2)21-25-11-14(16-6-8-29-22-16)10-23(3)19(26)18(15)25/h6,8,13-14H,4-5,7,9-12H2,1-3H3. The van der Waals surface area contributed by atoms with Crippen LogP contribution in [0.5, 0.6) is 0 Å². The van der Waals surface area contributed by atoms with Crippen molar-refractivity contribution < 1.29 is 18.8 Å². The Morgan fingerprint density at radius 1 is 1.38 bits per heavy atom. The maximum Gasteiger partial charge on any atom is 0.410 e. The van der Waals surface area contributed by atoms with Crippen LogP contribution in [0.4, 0.5) is 4.79 Å². The summed E-state index contributed by atoms with van der Waals surface area (Å²) in [6.45, 7) is 5.87. The van der Waals surface area contributed by atoms with E-state index in [1.54, 1.807) is 27.8 Å². The molecule has 2 aromatic heterocycles. The fourth-order valence-electron chi connectivity index (χ4n) is 4.08. The van der Waals surface area contributed by atoms with E-state index in [0.717, 1.165) is 29.8 Å². The number of rotatable bonds is 4. The lowest BCUT2D eigenvalue weighted by atomic mass is 9.99. The molecule has 2 aliphatic rings. The van der Waals surface area contributed by atoms with Crippen LogP contribution >= 0.6 is 0 Å². The number of likely N-dealkylation sites (N-methyl/N-ethyl adjacent to an activating group) is 1. The average molecular weight is 401 g/mol. The van der Waals surface area contributed by atoms with Crippen molar-refractivity contribution in [2.45, 2.75) is 58.2 Å². The van der Waals surface area contributed by atoms with Gasteiger partial charge in [-0.25, -0.2) is 4.79 Å². The fourth-order valence-corrected chi connectivity index (χ4v) is 4.08. The molecule has 9 heteroatoms. The molecular weight excluding hydrogens is 374 g/mol. The van der Waals surface area contributed by atoms with Crippen LogP contribution in [-0.2, 0) is 24.2 Å². The summed E-state index contributed by atoms with van der Waals surface area (Å²) in [4.78, 5) is 29.1. The van der Waals surface area contributed by atoms with Crippen LogP contribution in [0.3, 0.4) is 0 Å². The van der Waals surface area contributed by atoms with Gasteiger partial charge in [0.05, 0.1) is 31.1 Å². The lowest BCUT2D eigenvalue weighted by molar-refractivity contribution is 0.0758. The average Bonchev–Trinajstić information content (AvgIpc) is 3.31. The van der Waals surface area contributed by atoms with Gasteiger partial charge in [0.25, 0.3) is 5.91 Å². The number of fused-ring (bicyclic) bond motifs is 3. The van der Waals surface area contributed by atoms with Crippen LogP contribution in [0.25, 0.3) is 0 Å². The van der Waals surface area contributed by atoms with Crippen LogP contribution in [0.15, 0.2) is 16.9 Å². The Morgan fingerprint density at radius 2 is 2.21 bits per heavy atom. The molecule has 0 saturated heterocycles. The van der Waals surface area contributed by atoms with Gasteiger partial charge >= 0.3 is 6.09 Å². The van der Waals surface area contributed by atoms with Gasteiger partial charge in [-0.2, -0.15) is 5.10 Å². The molecule has 0 fully saturated rings. The smallest absolute Gasteiger partial charge is 0.410 e. The molecule has 9 nitrogen and oxygen atoms in total. The van der Waals surface area contributed by atoms with Crippen LogP contribution < -0.4 is 0 Å². The molecule has 2 aliphatic heterocycles. The Labute approximate surface area is 169 Å². The molecule has 4 heterocycles. The van der Waals surface area contributed by atoms with Crippen molar-refractivity contribution in [1.29, 1.82) is 0 Å². The molecule has 2 amide bonds. The largest absolute Gasteiger partial charge is 0.449 e. The summed E-state index contributed by atoms with van der Waals surface area (Å²) >= 11 is 0. The minimum absolute atomic E-state index is 0.00200. The van der Waals surface area contributed by atoms with E-state index in [1.165, 1.54) is 0 Å². The summed E-state index contributed by atoms with van der Waals surface area (Å²) < 4.78 is 12.2. The van der Waals surface area contributed by atoms with Gasteiger partial charge < -0.3 is 19.1 Å². The van der Waals surface area contributed by atoms with Crippen molar-refractivity contribution >= 4 is 12.0 Å². The van der Waals surface area contributed by atoms with Gasteiger partial charge in [0, 0.05) is 43.6 Å². The van der Waals surface area contributed by atoms with Crippen LogP contribution in [0, 0.1) is 0 Å². The van der Waals surface area contributed by atoms with Gasteiger partial charge in [-0.15, -0.1) is 0 Å². The van der Waals surface area contributed by atoms with Crippen molar-refractivity contribution in [3.8, 4) is 0 Å². The predicted molar refractivity (Wildman–Crippen MR) is 103 cm³/mol. The summed E-state index contributed by atoms with van der Waals surface area (Å²) in [5, 5.41) is 8.80. The van der Waals surface area contributed by atoms with Crippen molar-refractivity contribution in [3.05, 3.63) is 35.0 Å². The minimum atomic E-state index is -0.327. The molecule has 156 valence electrons. The molecule has 0 bridgehead atoms. The van der Waals surface area contributed by atoms with Gasteiger partial charge in [0.2, 0.25) is 0 Å². The number of carbonyl (C=O) groups is 2. The Balaban J connectivity index is 1.63. The second-order valence-corrected chi connectivity index (χ2v) is 7.91. The van der Waals surface area contributed by atoms with Crippen molar-refractivity contribution in [2.75, 3.05) is 20.2 Å². The lowest BCUT2D eigenvalue weighted by Crippen LogP contribution is -2.43. The van der Waals surface area contributed by atoms with E-state index in [0.29, 0.717) is 38.4 Å². The molecule has 29 heavy (non-hydrogen) atoms. The highest BCUT2D eigenvalue weighted by Crippen LogP contribution is 2.31. The number of hydrogen-bond donors (Lipinski definition) is 0. The number of carbonyl (C=O) groups excluding carboxylic acids is 2. The van der Waals surface area contributed by atoms with Crippen LogP contribution in [-0.4, -0.2) is 63.0 Å². The van der Waals surface area contributed by atoms with Gasteiger partial charge in [-0.05, 0) is 13.3 Å². The van der Waals surface area contributed by atoms with E-state index in [9.17, 15) is 9.59 Å². The molecule has 0 aromatic carbocycles. The molecule has 4 rings (SSSR count). The highest BCUT2D eigenvalue weighted by Gasteiger charge is 2.38. The van der Waals surface area contributed by atoms with Crippen LogP contribution in [0.2, 0.25) is 0 Å². The molecule has 2 unspecified atom stereocenters. The zero-order valence-electron chi connectivity index (χ0n) is 17.1. The molecular formula is C20H27N5O4. The Bertz CT molecular complexity index is 891. The zero-order valence-corrected chi connectivity index (χ0v) is 17.1. The van der Waals surface area contributed by atoms with Gasteiger partial charge in [-0.3, -0.25) is 9.48 Å². The maximum absolute atomic E-state index is 13.1. The Kier molecular flexibility index (Phi) is 5.29. The minimum Gasteiger partial charge on any atom is -0.449 e. The number of amides is 2. The number of hydrogen-bond acceptors (Lipinski definition) is 6. The number of unbranched alkanes of at least 4 members (excludes halogenated alkanes) is 1. The molecule has 0 N–H and O–H groups in total. The highest BCUT2D eigenvalue weighted by atomic mass is 16.6. The molecule has 0 radical (unpaired) electrons. The first kappa shape index (κ1) is 19.5. The third-order valence-electron chi connectivity index (χ3n) is 5.75. The van der Waals surface area contributed by atoms with Crippen molar-refractivity contribution in [3.63, 3.8) is 0 Å². The Morgan fingerprint density at radius 3 is 2.93 bits per heavy atom. The SMILES string of the molecule is CCCCOC(=O)N1Cc2c(nn3c2C(=O)N(C)CC(c2ccon2)C3)CC1C.